The van der Waals surface area contributed by atoms with Crippen molar-refractivity contribution in [1.82, 2.24) is 0 Å². The first-order chi connectivity index (χ1) is 12.6. The van der Waals surface area contributed by atoms with E-state index in [1.54, 1.807) is 13.8 Å². The van der Waals surface area contributed by atoms with E-state index in [4.69, 9.17) is 9.47 Å². The first-order valence-corrected chi connectivity index (χ1v) is 9.77. The lowest BCUT2D eigenvalue weighted by Gasteiger charge is -2.07. The van der Waals surface area contributed by atoms with Gasteiger partial charge in [-0.15, -0.1) is 0 Å². The molecule has 1 aromatic rings. The Morgan fingerprint density at radius 1 is 0.808 bits per heavy atom. The van der Waals surface area contributed by atoms with Crippen LogP contribution in [0.1, 0.15) is 70.4 Å². The second-order valence-corrected chi connectivity index (χ2v) is 6.26. The van der Waals surface area contributed by atoms with Crippen molar-refractivity contribution in [3.8, 4) is 0 Å². The van der Waals surface area contributed by atoms with Gasteiger partial charge in [-0.2, -0.15) is 0 Å². The Kier molecular flexibility index (Phi) is 11.1. The zero-order valence-corrected chi connectivity index (χ0v) is 16.4. The van der Waals surface area contributed by atoms with Crippen LogP contribution in [0.15, 0.2) is 29.8 Å². The van der Waals surface area contributed by atoms with Gasteiger partial charge in [0.25, 0.3) is 0 Å². The molecule has 144 valence electrons. The van der Waals surface area contributed by atoms with Crippen LogP contribution in [0.25, 0.3) is 6.08 Å². The molecular weight excluding hydrogens is 328 g/mol. The van der Waals surface area contributed by atoms with Crippen molar-refractivity contribution in [2.45, 2.75) is 65.7 Å². The van der Waals surface area contributed by atoms with E-state index in [1.165, 1.54) is 50.2 Å². The lowest BCUT2D eigenvalue weighted by molar-refractivity contribution is -0.146. The van der Waals surface area contributed by atoms with Gasteiger partial charge in [0.1, 0.15) is 5.57 Å². The Hall–Kier alpha value is -2.10. The number of unbranched alkanes of at least 4 members (excludes halogenated alkanes) is 5. The molecule has 0 fully saturated rings. The molecule has 0 amide bonds. The monoisotopic (exact) mass is 360 g/mol. The molecule has 0 aliphatic rings. The van der Waals surface area contributed by atoms with Crippen LogP contribution in [-0.4, -0.2) is 25.2 Å². The van der Waals surface area contributed by atoms with Crippen LogP contribution in [0.5, 0.6) is 0 Å². The standard InChI is InChI=1S/C22H32O4/c1-4-7-8-9-10-11-12-18-13-15-19(16-14-18)17-20(21(23)25-5-2)22(24)26-6-3/h13-17H,4-12H2,1-3H3. The van der Waals surface area contributed by atoms with Crippen molar-refractivity contribution in [3.63, 3.8) is 0 Å². The predicted molar refractivity (Wildman–Crippen MR) is 105 cm³/mol. The summed E-state index contributed by atoms with van der Waals surface area (Å²) in [6.07, 6.45) is 10.3. The maximum Gasteiger partial charge on any atom is 0.345 e. The lowest BCUT2D eigenvalue weighted by Crippen LogP contribution is -2.18. The number of esters is 2. The van der Waals surface area contributed by atoms with Crippen LogP contribution >= 0.6 is 0 Å². The number of rotatable bonds is 12. The molecule has 0 bridgehead atoms. The van der Waals surface area contributed by atoms with Crippen LogP contribution in [-0.2, 0) is 25.5 Å². The van der Waals surface area contributed by atoms with Crippen molar-refractivity contribution in [1.29, 1.82) is 0 Å². The number of ether oxygens (including phenoxy) is 2. The third kappa shape index (κ3) is 8.32. The number of hydrogen-bond acceptors (Lipinski definition) is 4. The second-order valence-electron chi connectivity index (χ2n) is 6.26. The summed E-state index contributed by atoms with van der Waals surface area (Å²) >= 11 is 0. The summed E-state index contributed by atoms with van der Waals surface area (Å²) in [5.41, 5.74) is 1.98. The van der Waals surface area contributed by atoms with E-state index < -0.39 is 11.9 Å². The highest BCUT2D eigenvalue weighted by Crippen LogP contribution is 2.14. The summed E-state index contributed by atoms with van der Waals surface area (Å²) < 4.78 is 9.91. The van der Waals surface area contributed by atoms with E-state index in [0.717, 1.165) is 12.0 Å². The van der Waals surface area contributed by atoms with Crippen molar-refractivity contribution < 1.29 is 19.1 Å². The van der Waals surface area contributed by atoms with Crippen LogP contribution in [0, 0.1) is 0 Å². The van der Waals surface area contributed by atoms with Gasteiger partial charge < -0.3 is 9.47 Å². The number of carbonyl (C=O) groups is 2. The Balaban J connectivity index is 2.67. The van der Waals surface area contributed by atoms with Gasteiger partial charge >= 0.3 is 11.9 Å². The Labute approximate surface area is 157 Å². The van der Waals surface area contributed by atoms with Crippen LogP contribution in [0.3, 0.4) is 0 Å². The van der Waals surface area contributed by atoms with Crippen molar-refractivity contribution in [2.24, 2.45) is 0 Å². The van der Waals surface area contributed by atoms with E-state index in [2.05, 4.69) is 6.92 Å². The Bertz CT molecular complexity index is 552. The fourth-order valence-corrected chi connectivity index (χ4v) is 2.68. The van der Waals surface area contributed by atoms with Crippen LogP contribution in [0.2, 0.25) is 0 Å². The zero-order chi connectivity index (χ0) is 19.2. The van der Waals surface area contributed by atoms with Gasteiger partial charge in [-0.25, -0.2) is 9.59 Å². The highest BCUT2D eigenvalue weighted by atomic mass is 16.6. The van der Waals surface area contributed by atoms with E-state index in [9.17, 15) is 9.59 Å². The number of aryl methyl sites for hydroxylation is 1. The average Bonchev–Trinajstić information content (AvgIpc) is 2.64. The Morgan fingerprint density at radius 3 is 1.88 bits per heavy atom. The van der Waals surface area contributed by atoms with Crippen LogP contribution in [0.4, 0.5) is 0 Å². The zero-order valence-electron chi connectivity index (χ0n) is 16.4. The molecule has 0 atom stereocenters. The summed E-state index contributed by atoms with van der Waals surface area (Å²) in [6.45, 7) is 6.07. The van der Waals surface area contributed by atoms with E-state index >= 15 is 0 Å². The van der Waals surface area contributed by atoms with Gasteiger partial charge in [0.2, 0.25) is 0 Å². The summed E-state index contributed by atoms with van der Waals surface area (Å²) in [7, 11) is 0. The molecule has 0 unspecified atom stereocenters. The summed E-state index contributed by atoms with van der Waals surface area (Å²) in [5.74, 6) is -1.30. The largest absolute Gasteiger partial charge is 0.462 e. The molecule has 1 rings (SSSR count). The summed E-state index contributed by atoms with van der Waals surface area (Å²) in [4.78, 5) is 24.0. The summed E-state index contributed by atoms with van der Waals surface area (Å²) in [5, 5.41) is 0. The number of carbonyl (C=O) groups excluding carboxylic acids is 2. The van der Waals surface area contributed by atoms with E-state index in [-0.39, 0.29) is 18.8 Å². The van der Waals surface area contributed by atoms with Crippen molar-refractivity contribution >= 4 is 18.0 Å². The minimum Gasteiger partial charge on any atom is -0.462 e. The molecule has 0 saturated heterocycles. The van der Waals surface area contributed by atoms with Gasteiger partial charge in [0.05, 0.1) is 13.2 Å². The average molecular weight is 360 g/mol. The highest BCUT2D eigenvalue weighted by Gasteiger charge is 2.20. The lowest BCUT2D eigenvalue weighted by atomic mass is 10.0. The molecule has 0 heterocycles. The van der Waals surface area contributed by atoms with Gasteiger partial charge in [-0.05, 0) is 43.9 Å². The molecule has 26 heavy (non-hydrogen) atoms. The number of hydrogen-bond donors (Lipinski definition) is 0. The van der Waals surface area contributed by atoms with E-state index in [0.29, 0.717) is 0 Å². The molecule has 4 heteroatoms. The topological polar surface area (TPSA) is 52.6 Å². The fraction of sp³-hybridized carbons (Fsp3) is 0.545. The SMILES string of the molecule is CCCCCCCCc1ccc(C=C(C(=O)OCC)C(=O)OCC)cc1. The molecule has 0 N–H and O–H groups in total. The first-order valence-electron chi connectivity index (χ1n) is 9.77. The minimum absolute atomic E-state index is 0.0719. The maximum atomic E-state index is 12.0. The normalized spacial score (nSPS) is 10.3. The minimum atomic E-state index is -0.651. The smallest absolute Gasteiger partial charge is 0.345 e. The Morgan fingerprint density at radius 2 is 1.35 bits per heavy atom. The third-order valence-electron chi connectivity index (χ3n) is 4.10. The van der Waals surface area contributed by atoms with Gasteiger partial charge in [-0.3, -0.25) is 0 Å². The molecule has 0 radical (unpaired) electrons. The van der Waals surface area contributed by atoms with Crippen molar-refractivity contribution in [2.75, 3.05) is 13.2 Å². The van der Waals surface area contributed by atoms with Gasteiger partial charge in [0, 0.05) is 0 Å². The number of benzene rings is 1. The van der Waals surface area contributed by atoms with Crippen molar-refractivity contribution in [3.05, 3.63) is 41.0 Å². The van der Waals surface area contributed by atoms with Gasteiger partial charge in [-0.1, -0.05) is 63.3 Å². The molecule has 1 aromatic carbocycles. The van der Waals surface area contributed by atoms with Gasteiger partial charge in [0.15, 0.2) is 0 Å². The molecule has 0 aromatic heterocycles. The third-order valence-corrected chi connectivity index (χ3v) is 4.10. The molecule has 0 spiro atoms. The fourth-order valence-electron chi connectivity index (χ4n) is 2.68. The molecule has 0 saturated carbocycles. The molecule has 0 aliphatic carbocycles. The maximum absolute atomic E-state index is 12.0. The molecule has 4 nitrogen and oxygen atoms in total. The second kappa shape index (κ2) is 13.2. The van der Waals surface area contributed by atoms with E-state index in [1.807, 2.05) is 24.3 Å². The quantitative estimate of drug-likeness (QED) is 0.171. The molecular formula is C22H32O4. The first kappa shape index (κ1) is 21.9. The van der Waals surface area contributed by atoms with Crippen LogP contribution < -0.4 is 0 Å². The predicted octanol–water partition coefficient (Wildman–Crippen LogP) is 5.10. The highest BCUT2D eigenvalue weighted by molar-refractivity contribution is 6.17. The molecule has 0 aliphatic heterocycles. The summed E-state index contributed by atoms with van der Waals surface area (Å²) in [6, 6.07) is 7.94.